The predicted octanol–water partition coefficient (Wildman–Crippen LogP) is 2.58. The first kappa shape index (κ1) is 19.5. The molecule has 2 fully saturated rings. The molecule has 1 unspecified atom stereocenters. The van der Waals surface area contributed by atoms with E-state index in [2.05, 4.69) is 5.32 Å². The highest BCUT2D eigenvalue weighted by Gasteiger charge is 2.33. The molecular weight excluding hydrogens is 348 g/mol. The lowest BCUT2D eigenvalue weighted by atomic mass is 9.89. The zero-order chi connectivity index (χ0) is 16.4. The Hall–Kier alpha value is -0.820. The molecule has 24 heavy (non-hydrogen) atoms. The van der Waals surface area contributed by atoms with E-state index in [0.29, 0.717) is 29.9 Å². The van der Waals surface area contributed by atoms with Crippen molar-refractivity contribution in [1.82, 2.24) is 9.62 Å². The molecule has 0 aromatic heterocycles. The van der Waals surface area contributed by atoms with Gasteiger partial charge >= 0.3 is 0 Å². The van der Waals surface area contributed by atoms with Crippen LogP contribution in [0.15, 0.2) is 23.1 Å². The van der Waals surface area contributed by atoms with Gasteiger partial charge in [0, 0.05) is 19.1 Å². The molecule has 0 radical (unpaired) electrons. The van der Waals surface area contributed by atoms with Gasteiger partial charge in [-0.25, -0.2) is 8.42 Å². The summed E-state index contributed by atoms with van der Waals surface area (Å²) in [4.78, 5) is 0.369. The number of ether oxygens (including phenoxy) is 1. The second kappa shape index (κ2) is 8.04. The fraction of sp³-hybridized carbons (Fsp3) is 0.647. The standard InChI is InChI=1S/C17H26N2O3S.ClH/c1-13-12-15(5-6-17(13)22-2)23(20,21)19-10-7-14(8-11-19)16-4-3-9-18-16;/h5-6,12,14,16,18H,3-4,7-11H2,1-2H3;1H. The van der Waals surface area contributed by atoms with Crippen molar-refractivity contribution < 1.29 is 13.2 Å². The fourth-order valence-corrected chi connectivity index (χ4v) is 5.35. The van der Waals surface area contributed by atoms with Crippen molar-refractivity contribution in [3.63, 3.8) is 0 Å². The number of sulfonamides is 1. The van der Waals surface area contributed by atoms with Crippen LogP contribution >= 0.6 is 12.4 Å². The minimum Gasteiger partial charge on any atom is -0.496 e. The summed E-state index contributed by atoms with van der Waals surface area (Å²) in [6.07, 6.45) is 4.38. The molecule has 1 N–H and O–H groups in total. The van der Waals surface area contributed by atoms with Gasteiger partial charge in [0.15, 0.2) is 0 Å². The molecular formula is C17H27ClN2O3S. The van der Waals surface area contributed by atoms with E-state index in [1.54, 1.807) is 29.6 Å². The lowest BCUT2D eigenvalue weighted by Gasteiger charge is -2.34. The van der Waals surface area contributed by atoms with E-state index in [9.17, 15) is 8.42 Å². The maximum atomic E-state index is 12.8. The maximum Gasteiger partial charge on any atom is 0.243 e. The van der Waals surface area contributed by atoms with Gasteiger partial charge in [-0.3, -0.25) is 0 Å². The van der Waals surface area contributed by atoms with E-state index >= 15 is 0 Å². The van der Waals surface area contributed by atoms with Crippen LogP contribution in [0.1, 0.15) is 31.2 Å². The van der Waals surface area contributed by atoms with E-state index in [0.717, 1.165) is 30.7 Å². The number of piperidine rings is 1. The summed E-state index contributed by atoms with van der Waals surface area (Å²) in [6.45, 7) is 4.22. The molecule has 0 spiro atoms. The molecule has 2 heterocycles. The van der Waals surface area contributed by atoms with Crippen molar-refractivity contribution in [3.8, 4) is 5.75 Å². The van der Waals surface area contributed by atoms with Gasteiger partial charge in [-0.15, -0.1) is 12.4 Å². The van der Waals surface area contributed by atoms with Crippen molar-refractivity contribution in [2.24, 2.45) is 5.92 Å². The van der Waals surface area contributed by atoms with Crippen LogP contribution in [0.2, 0.25) is 0 Å². The number of methoxy groups -OCH3 is 1. The molecule has 1 aromatic rings. The average Bonchev–Trinajstić information content (AvgIpc) is 3.09. The lowest BCUT2D eigenvalue weighted by molar-refractivity contribution is 0.234. The molecule has 2 saturated heterocycles. The highest BCUT2D eigenvalue weighted by atomic mass is 35.5. The summed E-state index contributed by atoms with van der Waals surface area (Å²) in [7, 11) is -1.80. The van der Waals surface area contributed by atoms with E-state index in [-0.39, 0.29) is 12.4 Å². The SMILES string of the molecule is COc1ccc(S(=O)(=O)N2CCC(C3CCCN3)CC2)cc1C.Cl. The molecule has 5 nitrogen and oxygen atoms in total. The Morgan fingerprint density at radius 3 is 2.46 bits per heavy atom. The molecule has 1 atom stereocenters. The molecule has 0 bridgehead atoms. The third kappa shape index (κ3) is 3.87. The Balaban J connectivity index is 0.00000208. The molecule has 7 heteroatoms. The molecule has 1 aromatic carbocycles. The molecule has 136 valence electrons. The average molecular weight is 375 g/mol. The predicted molar refractivity (Wildman–Crippen MR) is 97.5 cm³/mol. The third-order valence-electron chi connectivity index (χ3n) is 5.17. The van der Waals surface area contributed by atoms with Crippen LogP contribution in [0.5, 0.6) is 5.75 Å². The number of nitrogens with zero attached hydrogens (tertiary/aromatic N) is 1. The summed E-state index contributed by atoms with van der Waals surface area (Å²) in [5.41, 5.74) is 0.846. The number of benzene rings is 1. The van der Waals surface area contributed by atoms with Gasteiger partial charge in [0.25, 0.3) is 0 Å². The van der Waals surface area contributed by atoms with Crippen LogP contribution in [0.4, 0.5) is 0 Å². The first-order chi connectivity index (χ1) is 11.0. The Morgan fingerprint density at radius 2 is 1.92 bits per heavy atom. The summed E-state index contributed by atoms with van der Waals surface area (Å²) in [5, 5.41) is 3.55. The van der Waals surface area contributed by atoms with Crippen LogP contribution in [-0.4, -0.2) is 45.5 Å². The van der Waals surface area contributed by atoms with Crippen molar-refractivity contribution in [1.29, 1.82) is 0 Å². The van der Waals surface area contributed by atoms with Crippen molar-refractivity contribution in [2.75, 3.05) is 26.7 Å². The Kier molecular flexibility index (Phi) is 6.53. The van der Waals surface area contributed by atoms with Crippen LogP contribution in [0.25, 0.3) is 0 Å². The van der Waals surface area contributed by atoms with Gasteiger partial charge in [-0.2, -0.15) is 4.31 Å². The van der Waals surface area contributed by atoms with Crippen LogP contribution in [0, 0.1) is 12.8 Å². The van der Waals surface area contributed by atoms with Gasteiger partial charge in [0.05, 0.1) is 12.0 Å². The van der Waals surface area contributed by atoms with Crippen molar-refractivity contribution in [2.45, 2.75) is 43.5 Å². The number of hydrogen-bond acceptors (Lipinski definition) is 4. The number of nitrogens with one attached hydrogen (secondary N) is 1. The zero-order valence-electron chi connectivity index (χ0n) is 14.3. The van der Waals surface area contributed by atoms with E-state index < -0.39 is 10.0 Å². The Labute approximate surface area is 151 Å². The van der Waals surface area contributed by atoms with Crippen molar-refractivity contribution >= 4 is 22.4 Å². The van der Waals surface area contributed by atoms with Crippen LogP contribution < -0.4 is 10.1 Å². The summed E-state index contributed by atoms with van der Waals surface area (Å²) in [6, 6.07) is 5.67. The largest absolute Gasteiger partial charge is 0.496 e. The first-order valence-electron chi connectivity index (χ1n) is 8.40. The highest BCUT2D eigenvalue weighted by molar-refractivity contribution is 7.89. The van der Waals surface area contributed by atoms with Gasteiger partial charge in [0.2, 0.25) is 10.0 Å². The van der Waals surface area contributed by atoms with Crippen molar-refractivity contribution in [3.05, 3.63) is 23.8 Å². The Morgan fingerprint density at radius 1 is 1.21 bits per heavy atom. The summed E-state index contributed by atoms with van der Waals surface area (Å²) >= 11 is 0. The minimum absolute atomic E-state index is 0. The number of halogens is 1. The second-order valence-electron chi connectivity index (χ2n) is 6.58. The number of aryl methyl sites for hydroxylation is 1. The Bertz CT molecular complexity index is 652. The van der Waals surface area contributed by atoms with Gasteiger partial charge in [-0.1, -0.05) is 0 Å². The molecule has 0 saturated carbocycles. The van der Waals surface area contributed by atoms with Gasteiger partial charge in [-0.05, 0) is 68.8 Å². The molecule has 0 aliphatic carbocycles. The molecule has 2 aliphatic rings. The van der Waals surface area contributed by atoms with Crippen LogP contribution in [-0.2, 0) is 10.0 Å². The number of rotatable bonds is 4. The van der Waals surface area contributed by atoms with E-state index in [1.165, 1.54) is 12.8 Å². The van der Waals surface area contributed by atoms with Gasteiger partial charge in [0.1, 0.15) is 5.75 Å². The number of hydrogen-bond donors (Lipinski definition) is 1. The topological polar surface area (TPSA) is 58.6 Å². The smallest absolute Gasteiger partial charge is 0.243 e. The second-order valence-corrected chi connectivity index (χ2v) is 8.51. The zero-order valence-corrected chi connectivity index (χ0v) is 16.0. The quantitative estimate of drug-likeness (QED) is 0.880. The normalized spacial score (nSPS) is 23.0. The van der Waals surface area contributed by atoms with Crippen LogP contribution in [0.3, 0.4) is 0 Å². The van der Waals surface area contributed by atoms with Gasteiger partial charge < -0.3 is 10.1 Å². The van der Waals surface area contributed by atoms with E-state index in [1.807, 2.05) is 6.92 Å². The minimum atomic E-state index is -3.40. The first-order valence-corrected chi connectivity index (χ1v) is 9.84. The molecule has 3 rings (SSSR count). The summed E-state index contributed by atoms with van der Waals surface area (Å²) < 4.78 is 32.5. The van der Waals surface area contributed by atoms with E-state index in [4.69, 9.17) is 4.74 Å². The highest BCUT2D eigenvalue weighted by Crippen LogP contribution is 2.30. The fourth-order valence-electron chi connectivity index (χ4n) is 3.79. The monoisotopic (exact) mass is 374 g/mol. The lowest BCUT2D eigenvalue weighted by Crippen LogP contribution is -2.43. The third-order valence-corrected chi connectivity index (χ3v) is 7.06. The maximum absolute atomic E-state index is 12.8. The summed E-state index contributed by atoms with van der Waals surface area (Å²) in [5.74, 6) is 1.33. The molecule has 2 aliphatic heterocycles. The molecule has 0 amide bonds.